The van der Waals surface area contributed by atoms with Gasteiger partial charge in [-0.05, 0) is 57.5 Å². The first-order valence-corrected chi connectivity index (χ1v) is 11.8. The number of methoxy groups -OCH3 is 1. The van der Waals surface area contributed by atoms with Gasteiger partial charge in [0.05, 0.1) is 17.1 Å². The van der Waals surface area contributed by atoms with Crippen LogP contribution in [0.3, 0.4) is 0 Å². The Balaban J connectivity index is 1.58. The van der Waals surface area contributed by atoms with Gasteiger partial charge >= 0.3 is 5.63 Å². The monoisotopic (exact) mass is 507 g/mol. The zero-order valence-electron chi connectivity index (χ0n) is 21.1. The number of rotatable bonds is 7. The third-order valence-corrected chi connectivity index (χ3v) is 6.32. The minimum atomic E-state index is -0.906. The number of carbonyl (C=O) groups is 1. The molecule has 9 nitrogen and oxygen atoms in total. The van der Waals surface area contributed by atoms with Crippen molar-refractivity contribution in [3.8, 4) is 29.6 Å². The average Bonchev–Trinajstić information content (AvgIpc) is 2.87. The van der Waals surface area contributed by atoms with Crippen LogP contribution in [-0.2, 0) is 9.47 Å². The molecule has 0 unspecified atom stereocenters. The fourth-order valence-corrected chi connectivity index (χ4v) is 4.38. The number of aromatic hydroxyl groups is 1. The van der Waals surface area contributed by atoms with E-state index in [1.165, 1.54) is 12.1 Å². The van der Waals surface area contributed by atoms with Crippen molar-refractivity contribution in [2.24, 2.45) is 0 Å². The van der Waals surface area contributed by atoms with Crippen LogP contribution in [0.5, 0.6) is 17.2 Å². The third kappa shape index (κ3) is 5.40. The molecule has 194 valence electrons. The van der Waals surface area contributed by atoms with Gasteiger partial charge in [0, 0.05) is 24.7 Å². The van der Waals surface area contributed by atoms with Crippen LogP contribution in [0.4, 0.5) is 5.69 Å². The number of fused-ring (bicyclic) bond motifs is 1. The molecule has 0 radical (unpaired) electrons. The van der Waals surface area contributed by atoms with Crippen LogP contribution in [0.15, 0.2) is 45.6 Å². The molecule has 3 aromatic rings. The molecule has 2 N–H and O–H groups in total. The lowest BCUT2D eigenvalue weighted by atomic mass is 9.94. The molecule has 1 amide bonds. The van der Waals surface area contributed by atoms with Crippen LogP contribution in [0.2, 0.25) is 0 Å². The Bertz CT molecular complexity index is 1420. The second-order valence-corrected chi connectivity index (χ2v) is 9.22. The van der Waals surface area contributed by atoms with E-state index < -0.39 is 29.2 Å². The van der Waals surface area contributed by atoms with Gasteiger partial charge in [-0.2, -0.15) is 0 Å². The second kappa shape index (κ2) is 10.5. The second-order valence-electron chi connectivity index (χ2n) is 9.22. The summed E-state index contributed by atoms with van der Waals surface area (Å²) in [5.41, 5.74) is -0.948. The first kappa shape index (κ1) is 26.1. The van der Waals surface area contributed by atoms with Gasteiger partial charge in [0.2, 0.25) is 6.29 Å². The fraction of sp³-hybridized carbons (Fsp3) is 0.357. The first-order chi connectivity index (χ1) is 17.6. The Kier molecular flexibility index (Phi) is 7.43. The molecular weight excluding hydrogens is 478 g/mol. The van der Waals surface area contributed by atoms with Gasteiger partial charge in [0.1, 0.15) is 23.7 Å². The summed E-state index contributed by atoms with van der Waals surface area (Å²) in [5, 5.41) is 13.5. The molecule has 1 aromatic heterocycles. The molecule has 1 aliphatic heterocycles. The van der Waals surface area contributed by atoms with Crippen molar-refractivity contribution in [1.82, 2.24) is 0 Å². The van der Waals surface area contributed by atoms with Gasteiger partial charge in [0.25, 0.3) is 5.91 Å². The Morgan fingerprint density at radius 2 is 2.05 bits per heavy atom. The Morgan fingerprint density at radius 1 is 1.27 bits per heavy atom. The molecule has 2 heterocycles. The van der Waals surface area contributed by atoms with Crippen LogP contribution in [0.25, 0.3) is 11.0 Å². The number of benzene rings is 2. The van der Waals surface area contributed by atoms with E-state index in [1.807, 2.05) is 13.8 Å². The number of hydrogen-bond donors (Lipinski definition) is 2. The van der Waals surface area contributed by atoms with E-state index >= 15 is 0 Å². The van der Waals surface area contributed by atoms with Crippen LogP contribution < -0.4 is 20.4 Å². The molecule has 1 aliphatic rings. The minimum Gasteiger partial charge on any atom is -0.505 e. The Morgan fingerprint density at radius 3 is 2.76 bits per heavy atom. The summed E-state index contributed by atoms with van der Waals surface area (Å²) >= 11 is 0. The number of carbonyl (C=O) groups excluding carboxylic acids is 1. The smallest absolute Gasteiger partial charge is 0.364 e. The highest BCUT2D eigenvalue weighted by Crippen LogP contribution is 2.37. The van der Waals surface area contributed by atoms with Gasteiger partial charge in [0.15, 0.2) is 11.4 Å². The maximum Gasteiger partial charge on any atom is 0.364 e. The van der Waals surface area contributed by atoms with Crippen LogP contribution in [-0.4, -0.2) is 42.7 Å². The summed E-state index contributed by atoms with van der Waals surface area (Å²) in [6.07, 6.45) is 6.01. The Labute approximate surface area is 214 Å². The first-order valence-electron chi connectivity index (χ1n) is 11.8. The van der Waals surface area contributed by atoms with E-state index in [-0.39, 0.29) is 34.9 Å². The number of ether oxygens (including phenoxy) is 4. The van der Waals surface area contributed by atoms with Gasteiger partial charge in [-0.25, -0.2) is 4.79 Å². The quantitative estimate of drug-likeness (QED) is 0.358. The van der Waals surface area contributed by atoms with E-state index in [9.17, 15) is 14.7 Å². The minimum absolute atomic E-state index is 0.0451. The highest BCUT2D eigenvalue weighted by molar-refractivity contribution is 6.06. The number of amides is 1. The third-order valence-electron chi connectivity index (χ3n) is 6.32. The standard InChI is InChI=1S/C28H29NO8/c1-6-14-34-18-9-7-8-17(15-18)26(31)29-23-24(30)19-10-11-20(16(2)25(19)36-27(23)32)35-22-13-12-21(33-5)28(3,4)37-22/h1,7-11,15,21-22,30H,12-14H2,2-5H3,(H,29,31)/t21-,22-/m1/s1. The summed E-state index contributed by atoms with van der Waals surface area (Å²) in [5.74, 6) is 2.15. The van der Waals surface area contributed by atoms with Crippen molar-refractivity contribution in [3.05, 3.63) is 57.9 Å². The maximum absolute atomic E-state index is 12.8. The van der Waals surface area contributed by atoms with Crippen molar-refractivity contribution in [2.45, 2.75) is 51.6 Å². The number of anilines is 1. The van der Waals surface area contributed by atoms with Gasteiger partial charge < -0.3 is 33.8 Å². The highest BCUT2D eigenvalue weighted by Gasteiger charge is 2.39. The largest absolute Gasteiger partial charge is 0.505 e. The SMILES string of the molecule is C#CCOc1cccc(C(=O)Nc2c(O)c3ccc(O[C@H]4CC[C@@H](OC)C(C)(C)O4)c(C)c3oc2=O)c1. The van der Waals surface area contributed by atoms with E-state index in [1.54, 1.807) is 38.3 Å². The molecule has 37 heavy (non-hydrogen) atoms. The number of hydrogen-bond acceptors (Lipinski definition) is 8. The van der Waals surface area contributed by atoms with Crippen molar-refractivity contribution in [1.29, 1.82) is 0 Å². The molecule has 2 atom stereocenters. The molecule has 9 heteroatoms. The van der Waals surface area contributed by atoms with Gasteiger partial charge in [-0.1, -0.05) is 12.0 Å². The molecular formula is C28H29NO8. The summed E-state index contributed by atoms with van der Waals surface area (Å²) < 4.78 is 28.5. The summed E-state index contributed by atoms with van der Waals surface area (Å²) in [4.78, 5) is 25.5. The molecule has 0 aliphatic carbocycles. The van der Waals surface area contributed by atoms with Crippen LogP contribution in [0, 0.1) is 19.3 Å². The molecule has 1 saturated heterocycles. The van der Waals surface area contributed by atoms with Crippen LogP contribution in [0.1, 0.15) is 42.6 Å². The van der Waals surface area contributed by atoms with Crippen molar-refractivity contribution in [3.63, 3.8) is 0 Å². The molecule has 2 aromatic carbocycles. The molecule has 1 fully saturated rings. The predicted molar refractivity (Wildman–Crippen MR) is 137 cm³/mol. The van der Waals surface area contributed by atoms with Gasteiger partial charge in [-0.3, -0.25) is 4.79 Å². The van der Waals surface area contributed by atoms with Crippen molar-refractivity contribution >= 4 is 22.6 Å². The number of aryl methyl sites for hydroxylation is 1. The highest BCUT2D eigenvalue weighted by atomic mass is 16.7. The van der Waals surface area contributed by atoms with E-state index in [0.29, 0.717) is 23.5 Å². The predicted octanol–water partition coefficient (Wildman–Crippen LogP) is 4.38. The molecule has 0 saturated carbocycles. The van der Waals surface area contributed by atoms with E-state index in [4.69, 9.17) is 29.8 Å². The summed E-state index contributed by atoms with van der Waals surface area (Å²) in [6, 6.07) is 9.49. The lowest BCUT2D eigenvalue weighted by molar-refractivity contribution is -0.233. The molecule has 4 rings (SSSR count). The average molecular weight is 508 g/mol. The topological polar surface area (TPSA) is 116 Å². The lowest BCUT2D eigenvalue weighted by Gasteiger charge is -2.41. The summed E-state index contributed by atoms with van der Waals surface area (Å²) in [7, 11) is 1.66. The lowest BCUT2D eigenvalue weighted by Crippen LogP contribution is -2.49. The maximum atomic E-state index is 12.8. The fourth-order valence-electron chi connectivity index (χ4n) is 4.38. The number of terminal acetylenes is 1. The van der Waals surface area contributed by atoms with Crippen molar-refractivity contribution < 1.29 is 33.3 Å². The van der Waals surface area contributed by atoms with E-state index in [2.05, 4.69) is 11.2 Å². The normalized spacial score (nSPS) is 18.7. The number of nitrogens with one attached hydrogen (secondary N) is 1. The van der Waals surface area contributed by atoms with Gasteiger partial charge in [-0.15, -0.1) is 6.42 Å². The molecule has 0 bridgehead atoms. The van der Waals surface area contributed by atoms with Crippen LogP contribution >= 0.6 is 0 Å². The van der Waals surface area contributed by atoms with Crippen molar-refractivity contribution in [2.75, 3.05) is 19.0 Å². The zero-order chi connectivity index (χ0) is 26.7. The Hall–Kier alpha value is -4.00. The molecule has 0 spiro atoms. The zero-order valence-corrected chi connectivity index (χ0v) is 21.1. The summed E-state index contributed by atoms with van der Waals surface area (Å²) in [6.45, 7) is 5.64. The van der Waals surface area contributed by atoms with E-state index in [0.717, 1.165) is 6.42 Å².